The van der Waals surface area contributed by atoms with Crippen LogP contribution in [0.5, 0.6) is 46.0 Å². The Kier molecular flexibility index (Phi) is 24.0. The van der Waals surface area contributed by atoms with Crippen LogP contribution in [0.1, 0.15) is 121 Å². The number of ether oxygens (including phenoxy) is 6. The van der Waals surface area contributed by atoms with Gasteiger partial charge in [0.05, 0.1) is 40.8 Å². The lowest BCUT2D eigenvalue weighted by Gasteiger charge is -2.44. The van der Waals surface area contributed by atoms with E-state index in [-0.39, 0.29) is 79.4 Å². The van der Waals surface area contributed by atoms with Crippen LogP contribution in [-0.4, -0.2) is 174 Å². The summed E-state index contributed by atoms with van der Waals surface area (Å²) in [6.07, 6.45) is -20.9. The monoisotopic (exact) mass is 1430 g/mol. The molecule has 5 amide bonds. The first-order valence-electron chi connectivity index (χ1n) is 32.5. The standard InChI is InChI=1S/C69H80Cl2N6O23/c1-28(2)17-41(73-6)67(93)77-57-45(84)21-35(24-51(72)85)66(92)76-56-34-22-48(96-46-14-11-32(60(57)88)19-39(46)70)64(100-69-65(63(91)62(90)50(27-78)98-69)99-53-18-29(3)59(87)31(5)95-53)49(23-34)97-47-15-12-33(20-40(47)71)61(89)58(74-52(86)16-13-43(56)82)68(94)75-55(30(4)79)38-25-36(80)26-44(83)54(38)37-9-7-8-10-42(37)81/h7-12,14-15,19-20,22-23,25-26,28-29,31,35,41,50,53,55-63,65,69,73,78,80-81,83,87-91H,13,16-18,21,24,27H2,1-6H3,(H2,72,85)(H,74,86)(H,75,94)(H,76,92)(H,77,93)/i29T. The second-order valence-corrected chi connectivity index (χ2v) is 26.3. The highest BCUT2D eigenvalue weighted by molar-refractivity contribution is 6.32. The molecule has 2 saturated heterocycles. The van der Waals surface area contributed by atoms with Crippen molar-refractivity contribution in [3.63, 3.8) is 0 Å². The number of aromatic hydroxyl groups is 3. The number of Topliss-reactive ketones (excluding diaryl/α,β-unsaturated/α-hetero) is 3. The summed E-state index contributed by atoms with van der Waals surface area (Å²) in [5, 5.41) is 114. The van der Waals surface area contributed by atoms with Gasteiger partial charge in [0.1, 0.15) is 83.4 Å². The van der Waals surface area contributed by atoms with Crippen LogP contribution in [0.3, 0.4) is 0 Å². The van der Waals surface area contributed by atoms with Gasteiger partial charge in [-0.15, -0.1) is 0 Å². The van der Waals surface area contributed by atoms with Gasteiger partial charge in [0.25, 0.3) is 0 Å². The zero-order chi connectivity index (χ0) is 73.8. The van der Waals surface area contributed by atoms with Crippen LogP contribution in [-0.2, 0) is 52.6 Å². The third-order valence-electron chi connectivity index (χ3n) is 17.6. The lowest BCUT2D eigenvalue weighted by molar-refractivity contribution is -0.332. The minimum Gasteiger partial charge on any atom is -0.508 e. The van der Waals surface area contributed by atoms with Crippen LogP contribution >= 0.6 is 23.2 Å². The number of nitrogens with two attached hydrogens (primary N) is 1. The second-order valence-electron chi connectivity index (χ2n) is 25.5. The largest absolute Gasteiger partial charge is 0.508 e. The van der Waals surface area contributed by atoms with Gasteiger partial charge < -0.3 is 107 Å². The number of hydrogen-bond acceptors (Lipinski definition) is 24. The molecule has 100 heavy (non-hydrogen) atoms. The van der Waals surface area contributed by atoms with Crippen molar-refractivity contribution in [2.45, 2.75) is 165 Å². The Hall–Kier alpha value is -8.56. The van der Waals surface area contributed by atoms with E-state index >= 15 is 9.59 Å². The van der Waals surface area contributed by atoms with Crippen molar-refractivity contribution in [3.8, 4) is 57.1 Å². The van der Waals surface area contributed by atoms with Crippen LogP contribution in [0.15, 0.2) is 84.9 Å². The fourth-order valence-corrected chi connectivity index (χ4v) is 12.8. The molecule has 6 aliphatic rings. The van der Waals surface area contributed by atoms with Gasteiger partial charge >= 0.3 is 0 Å². The number of amides is 5. The summed E-state index contributed by atoms with van der Waals surface area (Å²) < 4.78 is 47.0. The van der Waals surface area contributed by atoms with Crippen molar-refractivity contribution in [2.75, 3.05) is 13.7 Å². The number of aliphatic hydroxyl groups excluding tert-OH is 6. The van der Waals surface area contributed by atoms with Gasteiger partial charge in [-0.05, 0) is 110 Å². The molecule has 538 valence electrons. The number of benzene rings is 5. The van der Waals surface area contributed by atoms with Crippen molar-refractivity contribution in [1.82, 2.24) is 26.6 Å². The summed E-state index contributed by atoms with van der Waals surface area (Å²) in [5.74, 6) is -15.7. The number of aliphatic hydroxyl groups is 6. The van der Waals surface area contributed by atoms with Crippen molar-refractivity contribution in [2.24, 2.45) is 23.5 Å². The lowest BCUT2D eigenvalue weighted by Crippen LogP contribution is -2.62. The molecule has 0 saturated carbocycles. The molecule has 5 aromatic carbocycles. The number of ketones is 3. The SMILES string of the molecule is [3H]C1(C)CC(OC2C(Oc3c4cc5cc3Oc3ccc(cc3Cl)C(O)C(C(=O)NC(C(C)=O)c3cc(O)cc(O)c3-c3ccccc3O)NC(=O)CCC(=O)C5NC(=O)C(CC(N)=O)CC(=O)C(NC(=O)C(CC(C)C)NC)C(O)c3ccc(c(Cl)c3)O4)OC(CO)C(O)C2O)OC(C)C1O. The maximum Gasteiger partial charge on any atom is 0.246 e. The minimum absolute atomic E-state index is 0.0347. The minimum atomic E-state index is -2.12. The third kappa shape index (κ3) is 17.2. The number of para-hydroxylation sites is 1. The number of phenols is 3. The number of primary amides is 1. The van der Waals surface area contributed by atoms with E-state index in [1.54, 1.807) is 0 Å². The summed E-state index contributed by atoms with van der Waals surface area (Å²) in [6, 6.07) is 8.24. The van der Waals surface area contributed by atoms with Crippen LogP contribution in [0, 0.1) is 17.7 Å². The second kappa shape index (κ2) is 32.4. The van der Waals surface area contributed by atoms with Gasteiger partial charge in [-0.3, -0.25) is 38.4 Å². The summed E-state index contributed by atoms with van der Waals surface area (Å²) in [5.41, 5.74) is 4.64. The molecule has 0 spiro atoms. The van der Waals surface area contributed by atoms with E-state index < -0.39 is 211 Å². The number of nitrogens with one attached hydrogen (secondary N) is 5. The molecule has 17 atom stereocenters. The molecule has 7 bridgehead atoms. The van der Waals surface area contributed by atoms with Gasteiger partial charge in [0.15, 0.2) is 41.2 Å². The number of likely N-dealkylation sites (N-methyl/N-ethyl adjacent to an activating group) is 1. The Morgan fingerprint density at radius 3 is 1.99 bits per heavy atom. The molecule has 0 radical (unpaired) electrons. The molecule has 5 aromatic rings. The molecular weight excluding hydrogens is 1350 g/mol. The number of fused-ring (bicyclic) bond motifs is 16. The molecule has 0 aliphatic carbocycles. The van der Waals surface area contributed by atoms with Gasteiger partial charge in [-0.1, -0.05) is 74.3 Å². The highest BCUT2D eigenvalue weighted by Gasteiger charge is 2.50. The molecule has 17 unspecified atom stereocenters. The number of carbonyl (C=O) groups is 8. The van der Waals surface area contributed by atoms with E-state index in [0.29, 0.717) is 0 Å². The predicted octanol–water partition coefficient (Wildman–Crippen LogP) is 3.80. The van der Waals surface area contributed by atoms with E-state index in [1.165, 1.54) is 75.5 Å². The Balaban J connectivity index is 1.22. The number of halogens is 2. The number of carbonyl (C=O) groups excluding carboxylic acids is 8. The molecule has 11 rings (SSSR count). The zero-order valence-electron chi connectivity index (χ0n) is 55.9. The summed E-state index contributed by atoms with van der Waals surface area (Å²) >= 11 is 14.1. The highest BCUT2D eigenvalue weighted by atomic mass is 35.5. The van der Waals surface area contributed by atoms with E-state index in [1.807, 2.05) is 13.8 Å². The summed E-state index contributed by atoms with van der Waals surface area (Å²) in [6.45, 7) is 6.66. The molecule has 31 heteroatoms. The first-order valence-corrected chi connectivity index (χ1v) is 32.8. The van der Waals surface area contributed by atoms with Crippen molar-refractivity contribution in [1.29, 1.82) is 0 Å². The Labute approximate surface area is 584 Å². The average molecular weight is 1430 g/mol. The van der Waals surface area contributed by atoms with Crippen molar-refractivity contribution < 1.29 is 114 Å². The molecule has 16 N–H and O–H groups in total. The fourth-order valence-electron chi connectivity index (χ4n) is 12.3. The van der Waals surface area contributed by atoms with E-state index in [4.69, 9.17) is 58.7 Å². The topological polar surface area (TPSA) is 460 Å². The number of phenolic OH excluding ortho intramolecular Hbond substituents is 3. The molecule has 29 nitrogen and oxygen atoms in total. The van der Waals surface area contributed by atoms with Gasteiger partial charge in [-0.2, -0.15) is 0 Å². The Morgan fingerprint density at radius 1 is 0.770 bits per heavy atom. The number of rotatable bonds is 17. The van der Waals surface area contributed by atoms with Crippen LogP contribution < -0.4 is 46.5 Å². The highest BCUT2D eigenvalue weighted by Crippen LogP contribution is 2.49. The maximum absolute atomic E-state index is 15.4. The summed E-state index contributed by atoms with van der Waals surface area (Å²) in [7, 11) is 1.50. The quantitative estimate of drug-likeness (QED) is 0.0629. The molecule has 0 aromatic heterocycles. The number of hydrogen-bond donors (Lipinski definition) is 15. The van der Waals surface area contributed by atoms with Gasteiger partial charge in [0, 0.05) is 50.7 Å². The molecule has 6 heterocycles. The average Bonchev–Trinajstić information content (AvgIpc) is 0.772. The van der Waals surface area contributed by atoms with Crippen LogP contribution in [0.4, 0.5) is 0 Å². The maximum atomic E-state index is 15.4. The van der Waals surface area contributed by atoms with Gasteiger partial charge in [-0.25, -0.2) is 0 Å². The predicted molar refractivity (Wildman–Crippen MR) is 353 cm³/mol. The smallest absolute Gasteiger partial charge is 0.246 e. The van der Waals surface area contributed by atoms with E-state index in [2.05, 4.69) is 26.6 Å². The van der Waals surface area contributed by atoms with E-state index in [9.17, 15) is 74.7 Å². The van der Waals surface area contributed by atoms with Crippen molar-refractivity contribution in [3.05, 3.63) is 117 Å². The Bertz CT molecular complexity index is 3980. The first kappa shape index (κ1) is 74.1. The molecular formula is C69H80Cl2N6O23. The fraction of sp³-hybridized carbons (Fsp3) is 0.449. The normalized spacial score (nSPS) is 28.2. The van der Waals surface area contributed by atoms with E-state index in [0.717, 1.165) is 37.3 Å². The van der Waals surface area contributed by atoms with Crippen molar-refractivity contribution >= 4 is 70.1 Å². The Morgan fingerprint density at radius 2 is 1.41 bits per heavy atom. The molecule has 2 fully saturated rings. The third-order valence-corrected chi connectivity index (χ3v) is 18.2. The zero-order valence-corrected chi connectivity index (χ0v) is 56.4. The first-order chi connectivity index (χ1) is 47.7. The molecule has 6 aliphatic heterocycles. The summed E-state index contributed by atoms with van der Waals surface area (Å²) in [4.78, 5) is 115. The van der Waals surface area contributed by atoms with Crippen LogP contribution in [0.2, 0.25) is 10.0 Å². The lowest BCUT2D eigenvalue weighted by atomic mass is 9.89. The van der Waals surface area contributed by atoms with Gasteiger partial charge in [0.2, 0.25) is 41.6 Å². The van der Waals surface area contributed by atoms with Crippen LogP contribution in [0.25, 0.3) is 11.1 Å².